The van der Waals surface area contributed by atoms with Crippen LogP contribution in [0.3, 0.4) is 0 Å². The van der Waals surface area contributed by atoms with Gasteiger partial charge in [0.05, 0.1) is 15.5 Å². The van der Waals surface area contributed by atoms with Gasteiger partial charge in [-0.05, 0) is 67.6 Å². The number of alkyl halides is 3. The Morgan fingerprint density at radius 3 is 2.24 bits per heavy atom. The standard InChI is InChI=1S/C22H17Cl2F3N2O4S/c1-13(33-17-4-2-3-14(23)11-17)21(30)28-15-5-8-18(9-6-15)34(31,32)29-16-7-10-20(24)19(12-16)22(25,26)27/h2-13,29H,1H3,(H,28,30)/t13-/m1/s1. The average Bonchev–Trinajstić information content (AvgIpc) is 2.74. The normalized spacial score (nSPS) is 12.6. The van der Waals surface area contributed by atoms with E-state index in [-0.39, 0.29) is 16.3 Å². The van der Waals surface area contributed by atoms with Crippen LogP contribution in [0.2, 0.25) is 10.0 Å². The molecule has 2 N–H and O–H groups in total. The summed E-state index contributed by atoms with van der Waals surface area (Å²) in [6, 6.07) is 14.3. The zero-order chi connectivity index (χ0) is 25.1. The van der Waals surface area contributed by atoms with Crippen LogP contribution >= 0.6 is 23.2 Å². The van der Waals surface area contributed by atoms with Crippen LogP contribution in [-0.4, -0.2) is 20.4 Å². The molecule has 12 heteroatoms. The molecule has 0 unspecified atom stereocenters. The summed E-state index contributed by atoms with van der Waals surface area (Å²) in [6.07, 6.45) is -5.62. The van der Waals surface area contributed by atoms with Gasteiger partial charge >= 0.3 is 6.18 Å². The van der Waals surface area contributed by atoms with Crippen molar-refractivity contribution in [2.75, 3.05) is 10.0 Å². The van der Waals surface area contributed by atoms with Crippen molar-refractivity contribution < 1.29 is 31.1 Å². The quantitative estimate of drug-likeness (QED) is 0.378. The molecule has 0 saturated heterocycles. The summed E-state index contributed by atoms with van der Waals surface area (Å²) in [4.78, 5) is 12.1. The van der Waals surface area contributed by atoms with Crippen LogP contribution < -0.4 is 14.8 Å². The van der Waals surface area contributed by atoms with E-state index in [9.17, 15) is 26.4 Å². The maximum Gasteiger partial charge on any atom is 0.417 e. The Morgan fingerprint density at radius 1 is 0.971 bits per heavy atom. The second-order valence-corrected chi connectivity index (χ2v) is 9.56. The minimum atomic E-state index is -4.74. The van der Waals surface area contributed by atoms with Crippen LogP contribution in [0.4, 0.5) is 24.5 Å². The van der Waals surface area contributed by atoms with E-state index in [0.29, 0.717) is 16.8 Å². The second-order valence-electron chi connectivity index (χ2n) is 7.03. The SMILES string of the molecule is C[C@@H](Oc1cccc(Cl)c1)C(=O)Nc1ccc(S(=O)(=O)Nc2ccc(Cl)c(C(F)(F)F)c2)cc1. The first-order valence-electron chi connectivity index (χ1n) is 9.58. The smallest absolute Gasteiger partial charge is 0.417 e. The second kappa shape index (κ2) is 10.1. The molecule has 0 aliphatic carbocycles. The van der Waals surface area contributed by atoms with Crippen molar-refractivity contribution in [2.24, 2.45) is 0 Å². The Bertz CT molecular complexity index is 1300. The van der Waals surface area contributed by atoms with Crippen molar-refractivity contribution in [3.8, 4) is 5.75 Å². The monoisotopic (exact) mass is 532 g/mol. The van der Waals surface area contributed by atoms with E-state index in [1.165, 1.54) is 31.2 Å². The Balaban J connectivity index is 1.68. The maximum absolute atomic E-state index is 13.0. The molecule has 0 spiro atoms. The minimum absolute atomic E-state index is 0.225. The molecule has 0 saturated carbocycles. The van der Waals surface area contributed by atoms with E-state index in [0.717, 1.165) is 12.1 Å². The summed E-state index contributed by atoms with van der Waals surface area (Å²) in [7, 11) is -4.21. The van der Waals surface area contributed by atoms with Gasteiger partial charge in [-0.3, -0.25) is 9.52 Å². The third kappa shape index (κ3) is 6.55. The highest BCUT2D eigenvalue weighted by Crippen LogP contribution is 2.36. The van der Waals surface area contributed by atoms with Gasteiger partial charge in [0.1, 0.15) is 5.75 Å². The van der Waals surface area contributed by atoms with Gasteiger partial charge in [0.2, 0.25) is 0 Å². The molecule has 3 rings (SSSR count). The van der Waals surface area contributed by atoms with Crippen molar-refractivity contribution in [3.05, 3.63) is 82.3 Å². The number of carbonyl (C=O) groups excluding carboxylic acids is 1. The van der Waals surface area contributed by atoms with Gasteiger partial charge in [-0.2, -0.15) is 13.2 Å². The van der Waals surface area contributed by atoms with Crippen molar-refractivity contribution >= 4 is 50.5 Å². The summed E-state index contributed by atoms with van der Waals surface area (Å²) < 4.78 is 71.8. The largest absolute Gasteiger partial charge is 0.481 e. The first-order valence-corrected chi connectivity index (χ1v) is 11.8. The molecule has 0 fully saturated rings. The number of hydrogen-bond acceptors (Lipinski definition) is 4. The summed E-state index contributed by atoms with van der Waals surface area (Å²) in [6.45, 7) is 1.53. The Hall–Kier alpha value is -2.95. The molecule has 0 heterocycles. The lowest BCUT2D eigenvalue weighted by molar-refractivity contribution is -0.137. The number of carbonyl (C=O) groups is 1. The van der Waals surface area contributed by atoms with Gasteiger partial charge in [0.25, 0.3) is 15.9 Å². The number of halogens is 5. The fourth-order valence-electron chi connectivity index (χ4n) is 2.78. The Morgan fingerprint density at radius 2 is 1.62 bits per heavy atom. The number of sulfonamides is 1. The van der Waals surface area contributed by atoms with Crippen molar-refractivity contribution in [3.63, 3.8) is 0 Å². The molecular formula is C22H17Cl2F3N2O4S. The predicted octanol–water partition coefficient (Wildman–Crippen LogP) is 6.22. The summed E-state index contributed by atoms with van der Waals surface area (Å²) in [5.41, 5.74) is -1.18. The molecule has 0 aromatic heterocycles. The topological polar surface area (TPSA) is 84.5 Å². The van der Waals surface area contributed by atoms with Gasteiger partial charge in [0, 0.05) is 16.4 Å². The van der Waals surface area contributed by atoms with E-state index in [2.05, 4.69) is 10.0 Å². The third-order valence-electron chi connectivity index (χ3n) is 4.43. The lowest BCUT2D eigenvalue weighted by Crippen LogP contribution is -2.30. The van der Waals surface area contributed by atoms with Gasteiger partial charge in [-0.1, -0.05) is 29.3 Å². The summed E-state index contributed by atoms with van der Waals surface area (Å²) >= 11 is 11.4. The summed E-state index contributed by atoms with van der Waals surface area (Å²) in [5, 5.41) is 2.48. The lowest BCUT2D eigenvalue weighted by atomic mass is 10.2. The number of anilines is 2. The van der Waals surface area contributed by atoms with Crippen molar-refractivity contribution in [1.82, 2.24) is 0 Å². The molecule has 0 radical (unpaired) electrons. The molecule has 3 aromatic rings. The zero-order valence-electron chi connectivity index (χ0n) is 17.4. The molecule has 0 bridgehead atoms. The van der Waals surface area contributed by atoms with E-state index < -0.39 is 38.8 Å². The molecule has 34 heavy (non-hydrogen) atoms. The number of ether oxygens (including phenoxy) is 1. The number of rotatable bonds is 7. The number of benzene rings is 3. The fraction of sp³-hybridized carbons (Fsp3) is 0.136. The summed E-state index contributed by atoms with van der Waals surface area (Å²) in [5.74, 6) is -0.0897. The molecule has 3 aromatic carbocycles. The molecule has 0 aliphatic heterocycles. The van der Waals surface area contributed by atoms with E-state index in [1.807, 2.05) is 0 Å². The third-order valence-corrected chi connectivity index (χ3v) is 6.40. The predicted molar refractivity (Wildman–Crippen MR) is 124 cm³/mol. The zero-order valence-corrected chi connectivity index (χ0v) is 19.7. The number of amides is 1. The van der Waals surface area contributed by atoms with Crippen LogP contribution in [0.1, 0.15) is 12.5 Å². The average molecular weight is 533 g/mol. The molecular weight excluding hydrogens is 516 g/mol. The maximum atomic E-state index is 13.0. The van der Waals surface area contributed by atoms with E-state index in [4.69, 9.17) is 27.9 Å². The van der Waals surface area contributed by atoms with Crippen LogP contribution in [0.15, 0.2) is 71.6 Å². The van der Waals surface area contributed by atoms with Crippen LogP contribution in [0.25, 0.3) is 0 Å². The van der Waals surface area contributed by atoms with Gasteiger partial charge in [-0.15, -0.1) is 0 Å². The molecule has 1 amide bonds. The van der Waals surface area contributed by atoms with E-state index >= 15 is 0 Å². The minimum Gasteiger partial charge on any atom is -0.481 e. The first-order chi connectivity index (χ1) is 15.8. The highest BCUT2D eigenvalue weighted by atomic mass is 35.5. The van der Waals surface area contributed by atoms with Crippen molar-refractivity contribution in [2.45, 2.75) is 24.1 Å². The van der Waals surface area contributed by atoms with Gasteiger partial charge < -0.3 is 10.1 Å². The Kier molecular flexibility index (Phi) is 7.64. The van der Waals surface area contributed by atoms with E-state index in [1.54, 1.807) is 24.3 Å². The van der Waals surface area contributed by atoms with Crippen molar-refractivity contribution in [1.29, 1.82) is 0 Å². The first kappa shape index (κ1) is 25.7. The number of nitrogens with one attached hydrogen (secondary N) is 2. The molecule has 1 atom stereocenters. The lowest BCUT2D eigenvalue weighted by Gasteiger charge is -2.15. The Labute approximate surface area is 203 Å². The van der Waals surface area contributed by atoms with Gasteiger partial charge in [-0.25, -0.2) is 8.42 Å². The van der Waals surface area contributed by atoms with Crippen LogP contribution in [-0.2, 0) is 21.0 Å². The van der Waals surface area contributed by atoms with Gasteiger partial charge in [0.15, 0.2) is 6.10 Å². The highest BCUT2D eigenvalue weighted by molar-refractivity contribution is 7.92. The number of hydrogen-bond donors (Lipinski definition) is 2. The highest BCUT2D eigenvalue weighted by Gasteiger charge is 2.33. The molecule has 0 aliphatic rings. The van der Waals surface area contributed by atoms with Crippen LogP contribution in [0.5, 0.6) is 5.75 Å². The molecule has 6 nitrogen and oxygen atoms in total. The van der Waals surface area contributed by atoms with Crippen LogP contribution in [0, 0.1) is 0 Å². The fourth-order valence-corrected chi connectivity index (χ4v) is 4.23. The molecule has 180 valence electrons.